The third-order valence-corrected chi connectivity index (χ3v) is 3.15. The van der Waals surface area contributed by atoms with Gasteiger partial charge in [-0.05, 0) is 51.8 Å². The molecule has 2 rings (SSSR count). The Morgan fingerprint density at radius 3 is 2.60 bits per heavy atom. The van der Waals surface area contributed by atoms with Crippen molar-refractivity contribution >= 4 is 21.9 Å². The number of hydrogen-bond acceptors (Lipinski definition) is 2. The zero-order chi connectivity index (χ0) is 14.7. The Morgan fingerprint density at radius 2 is 1.90 bits per heavy atom. The van der Waals surface area contributed by atoms with Crippen molar-refractivity contribution in [3.63, 3.8) is 0 Å². The first-order valence-corrected chi connectivity index (χ1v) is 6.35. The van der Waals surface area contributed by atoms with Crippen molar-refractivity contribution in [3.8, 4) is 5.75 Å². The molecule has 0 aliphatic rings. The lowest BCUT2D eigenvalue weighted by atomic mass is 10.1. The molecule has 6 heteroatoms. The van der Waals surface area contributed by atoms with Gasteiger partial charge in [-0.15, -0.1) is 0 Å². The number of ether oxygens (including phenoxy) is 1. The van der Waals surface area contributed by atoms with E-state index in [1.807, 2.05) is 0 Å². The molecule has 1 N–H and O–H groups in total. The molecular weight excluding hydrogens is 334 g/mol. The Hall–Kier alpha value is -1.95. The van der Waals surface area contributed by atoms with E-state index in [0.717, 1.165) is 6.07 Å². The van der Waals surface area contributed by atoms with E-state index in [4.69, 9.17) is 9.84 Å². The zero-order valence-electron chi connectivity index (χ0n) is 10.1. The molecule has 0 atom stereocenters. The third-order valence-electron chi connectivity index (χ3n) is 2.49. The molecule has 0 bridgehead atoms. The Morgan fingerprint density at radius 1 is 1.15 bits per heavy atom. The molecule has 0 aliphatic heterocycles. The maximum Gasteiger partial charge on any atom is 0.335 e. The van der Waals surface area contributed by atoms with Crippen LogP contribution in [0.5, 0.6) is 5.75 Å². The summed E-state index contributed by atoms with van der Waals surface area (Å²) in [4.78, 5) is 10.8. The lowest BCUT2D eigenvalue weighted by Gasteiger charge is -2.09. The predicted molar refractivity (Wildman–Crippen MR) is 71.8 cm³/mol. The van der Waals surface area contributed by atoms with Crippen molar-refractivity contribution in [2.24, 2.45) is 0 Å². The number of aromatic carboxylic acids is 1. The number of rotatable bonds is 4. The highest BCUT2D eigenvalue weighted by Gasteiger charge is 2.09. The maximum atomic E-state index is 13.3. The van der Waals surface area contributed by atoms with E-state index < -0.39 is 17.6 Å². The lowest BCUT2D eigenvalue weighted by Crippen LogP contribution is -2.02. The van der Waals surface area contributed by atoms with E-state index in [1.165, 1.54) is 30.3 Å². The van der Waals surface area contributed by atoms with Crippen LogP contribution in [-0.4, -0.2) is 11.1 Å². The largest absolute Gasteiger partial charge is 0.488 e. The first-order chi connectivity index (χ1) is 9.45. The molecule has 0 fully saturated rings. The van der Waals surface area contributed by atoms with Gasteiger partial charge in [0, 0.05) is 6.07 Å². The fourth-order valence-electron chi connectivity index (χ4n) is 1.61. The molecule has 104 valence electrons. The molecule has 2 aromatic rings. The molecule has 0 spiro atoms. The Kier molecular flexibility index (Phi) is 4.34. The summed E-state index contributed by atoms with van der Waals surface area (Å²) in [5.41, 5.74) is 0.181. The highest BCUT2D eigenvalue weighted by molar-refractivity contribution is 9.10. The van der Waals surface area contributed by atoms with Crippen molar-refractivity contribution in [2.45, 2.75) is 6.61 Å². The van der Waals surface area contributed by atoms with E-state index in [9.17, 15) is 13.6 Å². The lowest BCUT2D eigenvalue weighted by molar-refractivity contribution is 0.0696. The summed E-state index contributed by atoms with van der Waals surface area (Å²) in [5.74, 6) is -2.10. The molecule has 0 aliphatic carbocycles. The smallest absolute Gasteiger partial charge is 0.335 e. The van der Waals surface area contributed by atoms with E-state index in [1.54, 1.807) is 0 Å². The molecular formula is C14H9BrF2O3. The minimum atomic E-state index is -1.22. The molecule has 20 heavy (non-hydrogen) atoms. The van der Waals surface area contributed by atoms with Gasteiger partial charge in [0.25, 0.3) is 0 Å². The Bertz CT molecular complexity index is 659. The van der Waals surface area contributed by atoms with Crippen molar-refractivity contribution in [2.75, 3.05) is 0 Å². The van der Waals surface area contributed by atoms with Crippen LogP contribution in [0.15, 0.2) is 40.9 Å². The van der Waals surface area contributed by atoms with Crippen molar-refractivity contribution < 1.29 is 23.4 Å². The summed E-state index contributed by atoms with van der Waals surface area (Å²) >= 11 is 3.20. The molecule has 0 saturated heterocycles. The van der Waals surface area contributed by atoms with Crippen LogP contribution in [0.1, 0.15) is 15.9 Å². The zero-order valence-corrected chi connectivity index (χ0v) is 11.7. The van der Waals surface area contributed by atoms with Gasteiger partial charge in [0.2, 0.25) is 0 Å². The minimum absolute atomic E-state index is 0.0694. The van der Waals surface area contributed by atoms with Crippen LogP contribution in [-0.2, 0) is 6.61 Å². The molecule has 0 heterocycles. The summed E-state index contributed by atoms with van der Waals surface area (Å²) in [5, 5.41) is 8.83. The second-order valence-electron chi connectivity index (χ2n) is 4.02. The first kappa shape index (κ1) is 14.5. The fraction of sp³-hybridized carbons (Fsp3) is 0.0714. The Balaban J connectivity index is 2.18. The number of benzene rings is 2. The number of carbonyl (C=O) groups is 1. The van der Waals surface area contributed by atoms with E-state index in [-0.39, 0.29) is 17.9 Å². The van der Waals surface area contributed by atoms with E-state index in [2.05, 4.69) is 15.9 Å². The van der Waals surface area contributed by atoms with Crippen LogP contribution in [0.25, 0.3) is 0 Å². The summed E-state index contributed by atoms with van der Waals surface area (Å²) in [6.07, 6.45) is 0. The van der Waals surface area contributed by atoms with Crippen molar-refractivity contribution in [1.82, 2.24) is 0 Å². The molecule has 0 aromatic heterocycles. The van der Waals surface area contributed by atoms with Gasteiger partial charge < -0.3 is 9.84 Å². The molecule has 0 saturated carbocycles. The van der Waals surface area contributed by atoms with Gasteiger partial charge in [-0.2, -0.15) is 0 Å². The first-order valence-electron chi connectivity index (χ1n) is 5.56. The maximum absolute atomic E-state index is 13.3. The van der Waals surface area contributed by atoms with Gasteiger partial charge >= 0.3 is 5.97 Å². The average Bonchev–Trinajstić information content (AvgIpc) is 2.39. The predicted octanol–water partition coefficient (Wildman–Crippen LogP) is 4.00. The summed E-state index contributed by atoms with van der Waals surface area (Å²) in [6.45, 7) is -0.0694. The van der Waals surface area contributed by atoms with Crippen LogP contribution in [0.3, 0.4) is 0 Å². The highest BCUT2D eigenvalue weighted by Crippen LogP contribution is 2.26. The second kappa shape index (κ2) is 6.00. The number of carboxylic acid groups (broad SMARTS) is 1. The van der Waals surface area contributed by atoms with Gasteiger partial charge in [-0.3, -0.25) is 0 Å². The van der Waals surface area contributed by atoms with E-state index >= 15 is 0 Å². The summed E-state index contributed by atoms with van der Waals surface area (Å²) in [7, 11) is 0. The molecule has 0 amide bonds. The number of hydrogen-bond donors (Lipinski definition) is 1. The second-order valence-corrected chi connectivity index (χ2v) is 4.87. The van der Waals surface area contributed by atoms with Crippen LogP contribution in [0, 0.1) is 11.6 Å². The van der Waals surface area contributed by atoms with Crippen molar-refractivity contribution in [1.29, 1.82) is 0 Å². The van der Waals surface area contributed by atoms with Gasteiger partial charge in [-0.1, -0.05) is 0 Å². The van der Waals surface area contributed by atoms with Crippen molar-refractivity contribution in [3.05, 3.63) is 63.6 Å². The quantitative estimate of drug-likeness (QED) is 0.913. The summed E-state index contributed by atoms with van der Waals surface area (Å²) < 4.78 is 32.2. The van der Waals surface area contributed by atoms with Crippen LogP contribution >= 0.6 is 15.9 Å². The SMILES string of the molecule is O=C(O)c1cc(F)cc(COc2cc(F)ccc2Br)c1. The normalized spacial score (nSPS) is 10.3. The standard InChI is InChI=1S/C14H9BrF2O3/c15-12-2-1-10(16)6-13(12)20-7-8-3-9(14(18)19)5-11(17)4-8/h1-6H,7H2,(H,18,19). The monoisotopic (exact) mass is 342 g/mol. The Labute approximate surface area is 121 Å². The highest BCUT2D eigenvalue weighted by atomic mass is 79.9. The van der Waals surface area contributed by atoms with Gasteiger partial charge in [0.1, 0.15) is 24.0 Å². The van der Waals surface area contributed by atoms with Gasteiger partial charge in [-0.25, -0.2) is 13.6 Å². The van der Waals surface area contributed by atoms with Crippen LogP contribution < -0.4 is 4.74 Å². The number of halogens is 3. The van der Waals surface area contributed by atoms with Crippen LogP contribution in [0.2, 0.25) is 0 Å². The topological polar surface area (TPSA) is 46.5 Å². The van der Waals surface area contributed by atoms with E-state index in [0.29, 0.717) is 10.0 Å². The summed E-state index contributed by atoms with van der Waals surface area (Å²) in [6, 6.07) is 7.32. The minimum Gasteiger partial charge on any atom is -0.488 e. The number of carboxylic acids is 1. The third kappa shape index (κ3) is 3.54. The van der Waals surface area contributed by atoms with Gasteiger partial charge in [0.05, 0.1) is 10.0 Å². The average molecular weight is 343 g/mol. The molecule has 3 nitrogen and oxygen atoms in total. The molecule has 0 radical (unpaired) electrons. The van der Waals surface area contributed by atoms with Crippen LogP contribution in [0.4, 0.5) is 8.78 Å². The fourth-order valence-corrected chi connectivity index (χ4v) is 1.97. The molecule has 2 aromatic carbocycles. The molecule has 0 unspecified atom stereocenters. The van der Waals surface area contributed by atoms with Gasteiger partial charge in [0.15, 0.2) is 0 Å².